The zero-order chi connectivity index (χ0) is 31.8. The number of piperazine rings is 1. The number of rotatable bonds is 6. The molecular formula is C30H32F2N6O5S. The zero-order valence-corrected chi connectivity index (χ0v) is 25.7. The molecular weight excluding hydrogens is 594 g/mol. The van der Waals surface area contributed by atoms with Crippen LogP contribution in [-0.4, -0.2) is 73.3 Å². The van der Waals surface area contributed by atoms with E-state index in [4.69, 9.17) is 14.5 Å². The number of carbonyl (C=O) groups excluding carboxylic acids is 1. The Bertz CT molecular complexity index is 1840. The summed E-state index contributed by atoms with van der Waals surface area (Å²) in [5.74, 6) is -0.881. The number of hydrogen-bond donors (Lipinski definition) is 1. The number of aromatic nitrogens is 3. The molecule has 0 bridgehead atoms. The van der Waals surface area contributed by atoms with Gasteiger partial charge in [-0.3, -0.25) is 4.72 Å². The molecule has 0 aliphatic carbocycles. The fourth-order valence-corrected chi connectivity index (χ4v) is 5.92. The van der Waals surface area contributed by atoms with Gasteiger partial charge in [-0.05, 0) is 63.6 Å². The number of amides is 1. The van der Waals surface area contributed by atoms with E-state index < -0.39 is 32.2 Å². The van der Waals surface area contributed by atoms with Gasteiger partial charge in [0, 0.05) is 49.4 Å². The number of carbonyl (C=O) groups is 1. The second kappa shape index (κ2) is 11.8. The summed E-state index contributed by atoms with van der Waals surface area (Å²) in [7, 11) is -3.13. The van der Waals surface area contributed by atoms with Crippen molar-refractivity contribution in [1.29, 1.82) is 0 Å². The molecule has 0 saturated carbocycles. The van der Waals surface area contributed by atoms with E-state index in [0.29, 0.717) is 60.5 Å². The van der Waals surface area contributed by atoms with E-state index in [-0.39, 0.29) is 17.7 Å². The van der Waals surface area contributed by atoms with Gasteiger partial charge in [0.15, 0.2) is 0 Å². The van der Waals surface area contributed by atoms with E-state index >= 15 is 0 Å². The number of anilines is 2. The van der Waals surface area contributed by atoms with Crippen LogP contribution in [0.2, 0.25) is 0 Å². The number of hydrogen-bond acceptors (Lipinski definition) is 9. The largest absolute Gasteiger partial charge is 0.480 e. The Kier molecular flexibility index (Phi) is 8.30. The van der Waals surface area contributed by atoms with Crippen molar-refractivity contribution in [2.24, 2.45) is 0 Å². The molecule has 2 aromatic carbocycles. The van der Waals surface area contributed by atoms with Gasteiger partial charge in [-0.2, -0.15) is 0 Å². The van der Waals surface area contributed by atoms with Crippen molar-refractivity contribution < 1.29 is 31.5 Å². The van der Waals surface area contributed by atoms with Crippen molar-refractivity contribution in [3.05, 3.63) is 66.1 Å². The Labute approximate surface area is 253 Å². The summed E-state index contributed by atoms with van der Waals surface area (Å²) in [5, 5.41) is 0.755. The maximum absolute atomic E-state index is 14.3. The van der Waals surface area contributed by atoms with Gasteiger partial charge in [0.1, 0.15) is 39.5 Å². The SMILES string of the molecule is COc1ncc(-c2ccc3nc(C)nc(N4CCN(C(=O)OC(C)(C)C)CC4)c3c2)cc1NS(=O)(=O)c1ccc(F)cc1F. The molecule has 3 heterocycles. The molecule has 1 N–H and O–H groups in total. The van der Waals surface area contributed by atoms with Gasteiger partial charge in [-0.25, -0.2) is 36.9 Å². The van der Waals surface area contributed by atoms with Crippen molar-refractivity contribution in [3.63, 3.8) is 0 Å². The summed E-state index contributed by atoms with van der Waals surface area (Å²) in [6, 6.07) is 9.25. The molecule has 1 aliphatic rings. The van der Waals surface area contributed by atoms with Crippen LogP contribution in [0.4, 0.5) is 25.1 Å². The average molecular weight is 627 g/mol. The Hall–Kier alpha value is -4.59. The highest BCUT2D eigenvalue weighted by atomic mass is 32.2. The quantitative estimate of drug-likeness (QED) is 0.309. The molecule has 2 aromatic heterocycles. The standard InChI is InChI=1S/C30H32F2N6O5S/c1-18-34-24-8-6-19(14-22(24)27(35-18)37-10-12-38(13-11-37)29(39)43-30(2,3)4)20-15-25(28(42-5)33-17-20)36-44(40,41)26-9-7-21(31)16-23(26)32/h6-9,14-17,36H,10-13H2,1-5H3. The number of pyridine rings is 1. The molecule has 11 nitrogen and oxygen atoms in total. The Morgan fingerprint density at radius 3 is 2.36 bits per heavy atom. The lowest BCUT2D eigenvalue weighted by Gasteiger charge is -2.36. The van der Waals surface area contributed by atoms with Gasteiger partial charge >= 0.3 is 6.09 Å². The molecule has 1 fully saturated rings. The number of ether oxygens (including phenoxy) is 2. The van der Waals surface area contributed by atoms with Crippen LogP contribution >= 0.6 is 0 Å². The summed E-state index contributed by atoms with van der Waals surface area (Å²) in [5.41, 5.74) is 1.30. The lowest BCUT2D eigenvalue weighted by Crippen LogP contribution is -2.50. The lowest BCUT2D eigenvalue weighted by atomic mass is 10.0. The molecule has 0 atom stereocenters. The maximum atomic E-state index is 14.3. The maximum Gasteiger partial charge on any atom is 0.410 e. The van der Waals surface area contributed by atoms with Gasteiger partial charge in [0.05, 0.1) is 12.6 Å². The second-order valence-corrected chi connectivity index (χ2v) is 12.9. The van der Waals surface area contributed by atoms with Gasteiger partial charge in [-0.1, -0.05) is 6.07 Å². The van der Waals surface area contributed by atoms with E-state index in [9.17, 15) is 22.0 Å². The summed E-state index contributed by atoms with van der Waals surface area (Å²) in [6.07, 6.45) is 1.16. The second-order valence-electron chi connectivity index (χ2n) is 11.2. The van der Waals surface area contributed by atoms with Crippen LogP contribution in [-0.2, 0) is 14.8 Å². The molecule has 4 aromatic rings. The molecule has 5 rings (SSSR count). The minimum Gasteiger partial charge on any atom is -0.480 e. The van der Waals surface area contributed by atoms with Gasteiger partial charge in [0.2, 0.25) is 5.88 Å². The monoisotopic (exact) mass is 626 g/mol. The normalized spacial score (nSPS) is 14.1. The predicted molar refractivity (Wildman–Crippen MR) is 161 cm³/mol. The highest BCUT2D eigenvalue weighted by Gasteiger charge is 2.28. The van der Waals surface area contributed by atoms with Crippen molar-refractivity contribution >= 4 is 38.5 Å². The minimum absolute atomic E-state index is 0.0348. The minimum atomic E-state index is -4.45. The number of nitrogens with zero attached hydrogens (tertiary/aromatic N) is 5. The van der Waals surface area contributed by atoms with Crippen LogP contribution in [0, 0.1) is 18.6 Å². The van der Waals surface area contributed by atoms with E-state index in [0.717, 1.165) is 17.5 Å². The first-order valence-corrected chi connectivity index (χ1v) is 15.3. The third kappa shape index (κ3) is 6.64. The number of halogens is 2. The number of methoxy groups -OCH3 is 1. The number of fused-ring (bicyclic) bond motifs is 1. The highest BCUT2D eigenvalue weighted by molar-refractivity contribution is 7.92. The Morgan fingerprint density at radius 2 is 1.70 bits per heavy atom. The molecule has 1 saturated heterocycles. The summed E-state index contributed by atoms with van der Waals surface area (Å²) in [4.78, 5) is 29.2. The van der Waals surface area contributed by atoms with Crippen molar-refractivity contribution in [3.8, 4) is 17.0 Å². The van der Waals surface area contributed by atoms with Crippen LogP contribution in [0.5, 0.6) is 5.88 Å². The average Bonchev–Trinajstić information content (AvgIpc) is 2.95. The molecule has 1 amide bonds. The molecule has 232 valence electrons. The van der Waals surface area contributed by atoms with E-state index in [1.807, 2.05) is 45.9 Å². The Balaban J connectivity index is 1.46. The molecule has 14 heteroatoms. The smallest absolute Gasteiger partial charge is 0.410 e. The van der Waals surface area contributed by atoms with Crippen LogP contribution in [0.25, 0.3) is 22.0 Å². The van der Waals surface area contributed by atoms with E-state index in [1.165, 1.54) is 19.4 Å². The first-order chi connectivity index (χ1) is 20.7. The highest BCUT2D eigenvalue weighted by Crippen LogP contribution is 2.34. The number of nitrogens with one attached hydrogen (secondary N) is 1. The van der Waals surface area contributed by atoms with Crippen LogP contribution in [0.1, 0.15) is 26.6 Å². The van der Waals surface area contributed by atoms with Crippen LogP contribution in [0.15, 0.2) is 53.6 Å². The molecule has 0 radical (unpaired) electrons. The van der Waals surface area contributed by atoms with Gasteiger partial charge in [-0.15, -0.1) is 0 Å². The van der Waals surface area contributed by atoms with Crippen LogP contribution < -0.4 is 14.4 Å². The van der Waals surface area contributed by atoms with Gasteiger partial charge in [0.25, 0.3) is 10.0 Å². The van der Waals surface area contributed by atoms with Gasteiger partial charge < -0.3 is 19.3 Å². The number of aryl methyl sites for hydroxylation is 1. The first kappa shape index (κ1) is 30.9. The summed E-state index contributed by atoms with van der Waals surface area (Å²) >= 11 is 0. The topological polar surface area (TPSA) is 127 Å². The molecule has 0 spiro atoms. The Morgan fingerprint density at radius 1 is 0.977 bits per heavy atom. The fourth-order valence-electron chi connectivity index (χ4n) is 4.81. The third-order valence-corrected chi connectivity index (χ3v) is 8.22. The van der Waals surface area contributed by atoms with Crippen LogP contribution in [0.3, 0.4) is 0 Å². The summed E-state index contributed by atoms with van der Waals surface area (Å²) < 4.78 is 66.8. The van der Waals surface area contributed by atoms with Crippen molar-refractivity contribution in [1.82, 2.24) is 19.9 Å². The van der Waals surface area contributed by atoms with Crippen molar-refractivity contribution in [2.45, 2.75) is 38.2 Å². The lowest BCUT2D eigenvalue weighted by molar-refractivity contribution is 0.0240. The zero-order valence-electron chi connectivity index (χ0n) is 24.9. The molecule has 44 heavy (non-hydrogen) atoms. The molecule has 1 aliphatic heterocycles. The predicted octanol–water partition coefficient (Wildman–Crippen LogP) is 5.14. The van der Waals surface area contributed by atoms with E-state index in [2.05, 4.69) is 19.6 Å². The fraction of sp³-hybridized carbons (Fsp3) is 0.333. The third-order valence-electron chi connectivity index (χ3n) is 6.82. The van der Waals surface area contributed by atoms with E-state index in [1.54, 1.807) is 4.90 Å². The first-order valence-electron chi connectivity index (χ1n) is 13.8. The molecule has 0 unspecified atom stereocenters. The van der Waals surface area contributed by atoms with Crippen molar-refractivity contribution in [2.75, 3.05) is 42.9 Å². The number of sulfonamides is 1. The summed E-state index contributed by atoms with van der Waals surface area (Å²) in [6.45, 7) is 9.28. The number of benzene rings is 2.